The number of benzene rings is 1. The van der Waals surface area contributed by atoms with Gasteiger partial charge in [0.1, 0.15) is 0 Å². The van der Waals surface area contributed by atoms with Crippen LogP contribution >= 0.6 is 11.8 Å². The standard InChI is InChI=1S/C22H36O2SSi/c1-6-7-9-15-20(18(2)21(23)25-22(3,4)5)24-26(16-12-17-26)19-13-10-8-11-14-19/h8,10-11,13-14,18,20H,6-7,9,12,15-17H2,1-5H3/t18-,20+/m1/s1. The molecular weight excluding hydrogens is 356 g/mol. The third kappa shape index (κ3) is 5.96. The lowest BCUT2D eigenvalue weighted by Gasteiger charge is -2.43. The molecule has 0 saturated carbocycles. The lowest BCUT2D eigenvalue weighted by atomic mass is 10.0. The van der Waals surface area contributed by atoms with Crippen LogP contribution in [-0.2, 0) is 9.22 Å². The van der Waals surface area contributed by atoms with Gasteiger partial charge in [0.25, 0.3) is 0 Å². The topological polar surface area (TPSA) is 26.3 Å². The molecule has 4 heteroatoms. The van der Waals surface area contributed by atoms with E-state index in [4.69, 9.17) is 4.43 Å². The molecule has 0 bridgehead atoms. The van der Waals surface area contributed by atoms with E-state index in [1.165, 1.54) is 48.3 Å². The summed E-state index contributed by atoms with van der Waals surface area (Å²) >= 11 is 1.48. The van der Waals surface area contributed by atoms with Crippen molar-refractivity contribution in [3.05, 3.63) is 30.3 Å². The zero-order chi connectivity index (χ0) is 19.2. The molecule has 0 amide bonds. The highest BCUT2D eigenvalue weighted by molar-refractivity contribution is 8.14. The van der Waals surface area contributed by atoms with Gasteiger partial charge >= 0.3 is 0 Å². The van der Waals surface area contributed by atoms with E-state index < -0.39 is 8.32 Å². The summed E-state index contributed by atoms with van der Waals surface area (Å²) in [6, 6.07) is 13.2. The van der Waals surface area contributed by atoms with E-state index in [-0.39, 0.29) is 21.9 Å². The lowest BCUT2D eigenvalue weighted by molar-refractivity contribution is -0.116. The first kappa shape index (κ1) is 21.7. The van der Waals surface area contributed by atoms with Crippen LogP contribution < -0.4 is 5.19 Å². The molecule has 1 aromatic carbocycles. The second kappa shape index (κ2) is 9.56. The Morgan fingerprint density at radius 2 is 1.85 bits per heavy atom. The highest BCUT2D eigenvalue weighted by Crippen LogP contribution is 2.37. The van der Waals surface area contributed by atoms with Crippen LogP contribution in [0.25, 0.3) is 0 Å². The van der Waals surface area contributed by atoms with Crippen molar-refractivity contribution in [2.45, 2.75) is 89.7 Å². The summed E-state index contributed by atoms with van der Waals surface area (Å²) in [5, 5.41) is 1.70. The van der Waals surface area contributed by atoms with Gasteiger partial charge in [-0.05, 0) is 23.7 Å². The highest BCUT2D eigenvalue weighted by Gasteiger charge is 2.46. The predicted molar refractivity (Wildman–Crippen MR) is 117 cm³/mol. The molecule has 1 fully saturated rings. The third-order valence-corrected chi connectivity index (χ3v) is 10.9. The summed E-state index contributed by atoms with van der Waals surface area (Å²) in [5.74, 6) is -0.0373. The minimum absolute atomic E-state index is 0.0373. The first-order valence-corrected chi connectivity index (χ1v) is 13.4. The molecule has 146 valence electrons. The average molecular weight is 393 g/mol. The Labute approximate surface area is 165 Å². The second-order valence-electron chi connectivity index (χ2n) is 8.69. The Balaban J connectivity index is 2.14. The maximum atomic E-state index is 12.9. The molecule has 0 N–H and O–H groups in total. The molecule has 26 heavy (non-hydrogen) atoms. The largest absolute Gasteiger partial charge is 0.409 e. The Kier molecular flexibility index (Phi) is 7.99. The molecule has 0 radical (unpaired) electrons. The molecule has 0 aliphatic carbocycles. The van der Waals surface area contributed by atoms with E-state index in [1.807, 2.05) is 0 Å². The number of carbonyl (C=O) groups is 1. The van der Waals surface area contributed by atoms with Gasteiger partial charge in [-0.15, -0.1) is 0 Å². The van der Waals surface area contributed by atoms with Crippen LogP contribution in [0.5, 0.6) is 0 Å². The van der Waals surface area contributed by atoms with Gasteiger partial charge in [0, 0.05) is 4.75 Å². The zero-order valence-corrected chi connectivity index (χ0v) is 19.0. The number of thioether (sulfide) groups is 1. The molecule has 1 aliphatic heterocycles. The Morgan fingerprint density at radius 3 is 2.35 bits per heavy atom. The normalized spacial score (nSPS) is 18.8. The molecule has 1 saturated heterocycles. The maximum absolute atomic E-state index is 12.9. The van der Waals surface area contributed by atoms with Crippen molar-refractivity contribution < 1.29 is 9.22 Å². The smallest absolute Gasteiger partial charge is 0.224 e. The van der Waals surface area contributed by atoms with Gasteiger partial charge in [-0.2, -0.15) is 0 Å². The van der Waals surface area contributed by atoms with E-state index in [1.54, 1.807) is 0 Å². The molecule has 1 aliphatic rings. The van der Waals surface area contributed by atoms with Gasteiger partial charge in [-0.1, -0.05) is 102 Å². The van der Waals surface area contributed by atoms with Crippen molar-refractivity contribution in [1.82, 2.24) is 0 Å². The van der Waals surface area contributed by atoms with Crippen LogP contribution in [-0.4, -0.2) is 24.3 Å². The third-order valence-electron chi connectivity index (χ3n) is 5.27. The van der Waals surface area contributed by atoms with Crippen molar-refractivity contribution in [3.8, 4) is 0 Å². The summed E-state index contributed by atoms with van der Waals surface area (Å²) in [6.45, 7) is 10.7. The van der Waals surface area contributed by atoms with Crippen LogP contribution in [0.3, 0.4) is 0 Å². The number of hydrogen-bond acceptors (Lipinski definition) is 3. The molecule has 1 heterocycles. The van der Waals surface area contributed by atoms with Crippen LogP contribution in [0.2, 0.25) is 12.1 Å². The van der Waals surface area contributed by atoms with E-state index in [9.17, 15) is 4.79 Å². The Bertz CT molecular complexity index is 563. The molecule has 2 nitrogen and oxygen atoms in total. The number of carbonyl (C=O) groups excluding carboxylic acids is 1. The first-order valence-electron chi connectivity index (χ1n) is 10.2. The SMILES string of the molecule is CCCCC[C@H](O[Si]1(c2ccccc2)CCC1)[C@@H](C)C(=O)SC(C)(C)C. The minimum atomic E-state index is -1.87. The van der Waals surface area contributed by atoms with Gasteiger partial charge in [0.05, 0.1) is 12.0 Å². The summed E-state index contributed by atoms with van der Waals surface area (Å²) < 4.78 is 6.87. The second-order valence-corrected chi connectivity index (χ2v) is 14.3. The monoisotopic (exact) mass is 392 g/mol. The molecule has 0 spiro atoms. The fourth-order valence-corrected chi connectivity index (χ4v) is 8.14. The van der Waals surface area contributed by atoms with Crippen LogP contribution in [0, 0.1) is 5.92 Å². The molecular formula is C22H36O2SSi. The molecule has 0 unspecified atom stereocenters. The fourth-order valence-electron chi connectivity index (χ4n) is 3.56. The van der Waals surface area contributed by atoms with E-state index >= 15 is 0 Å². The number of unbranched alkanes of at least 4 members (excludes halogenated alkanes) is 2. The van der Waals surface area contributed by atoms with Crippen molar-refractivity contribution >= 4 is 30.4 Å². The van der Waals surface area contributed by atoms with Crippen molar-refractivity contribution in [3.63, 3.8) is 0 Å². The quantitative estimate of drug-likeness (QED) is 0.386. The van der Waals surface area contributed by atoms with Gasteiger partial charge in [0.2, 0.25) is 8.32 Å². The van der Waals surface area contributed by atoms with Gasteiger partial charge in [0.15, 0.2) is 5.12 Å². The molecule has 2 rings (SSSR count). The van der Waals surface area contributed by atoms with Crippen LogP contribution in [0.4, 0.5) is 0 Å². The Morgan fingerprint density at radius 1 is 1.19 bits per heavy atom. The zero-order valence-electron chi connectivity index (χ0n) is 17.2. The minimum Gasteiger partial charge on any atom is -0.409 e. The van der Waals surface area contributed by atoms with Crippen molar-refractivity contribution in [1.29, 1.82) is 0 Å². The van der Waals surface area contributed by atoms with Gasteiger partial charge in [-0.25, -0.2) is 0 Å². The molecule has 2 atom stereocenters. The van der Waals surface area contributed by atoms with E-state index in [0.717, 1.165) is 12.8 Å². The van der Waals surface area contributed by atoms with Crippen LogP contribution in [0.15, 0.2) is 30.3 Å². The predicted octanol–water partition coefficient (Wildman–Crippen LogP) is 5.90. The lowest BCUT2D eigenvalue weighted by Crippen LogP contribution is -2.58. The Hall–Kier alpha value is -0.583. The van der Waals surface area contributed by atoms with E-state index in [0.29, 0.717) is 0 Å². The maximum Gasteiger partial charge on any atom is 0.224 e. The molecule has 1 aromatic rings. The van der Waals surface area contributed by atoms with Crippen molar-refractivity contribution in [2.75, 3.05) is 0 Å². The summed E-state index contributed by atoms with van der Waals surface area (Å²) in [7, 11) is -1.87. The fraction of sp³-hybridized carbons (Fsp3) is 0.682. The summed E-state index contributed by atoms with van der Waals surface area (Å²) in [4.78, 5) is 12.9. The van der Waals surface area contributed by atoms with E-state index in [2.05, 4.69) is 65.0 Å². The summed E-state index contributed by atoms with van der Waals surface area (Å²) in [5.41, 5.74) is 0. The highest BCUT2D eigenvalue weighted by atomic mass is 32.2. The van der Waals surface area contributed by atoms with Gasteiger partial charge < -0.3 is 4.43 Å². The van der Waals surface area contributed by atoms with Crippen molar-refractivity contribution in [2.24, 2.45) is 5.92 Å². The van der Waals surface area contributed by atoms with Crippen LogP contribution in [0.1, 0.15) is 66.7 Å². The first-order chi connectivity index (χ1) is 12.3. The molecule has 0 aromatic heterocycles. The average Bonchev–Trinajstić information content (AvgIpc) is 2.55. The number of hydrogen-bond donors (Lipinski definition) is 0. The van der Waals surface area contributed by atoms with Gasteiger partial charge in [-0.3, -0.25) is 4.79 Å². The summed E-state index contributed by atoms with van der Waals surface area (Å²) in [6.07, 6.45) is 5.91. The number of rotatable bonds is 9.